The van der Waals surface area contributed by atoms with Crippen LogP contribution in [0.15, 0.2) is 12.3 Å². The van der Waals surface area contributed by atoms with Crippen LogP contribution in [0.1, 0.15) is 42.8 Å². The molecule has 3 rings (SSSR count). The Balaban J connectivity index is 1.61. The lowest BCUT2D eigenvalue weighted by molar-refractivity contribution is 0.243. The maximum absolute atomic E-state index is 11.2. The van der Waals surface area contributed by atoms with Crippen LogP contribution in [0.4, 0.5) is 21.6 Å². The van der Waals surface area contributed by atoms with E-state index in [0.29, 0.717) is 19.0 Å². The smallest absolute Gasteiger partial charge is 0.314 e. The lowest BCUT2D eigenvalue weighted by Gasteiger charge is -2.23. The first-order valence-electron chi connectivity index (χ1n) is 8.98. The van der Waals surface area contributed by atoms with Gasteiger partial charge in [0.15, 0.2) is 5.13 Å². The fourth-order valence-electron chi connectivity index (χ4n) is 2.60. The lowest BCUT2D eigenvalue weighted by Crippen LogP contribution is -2.35. The molecule has 4 N–H and O–H groups in total. The molecule has 2 aromatic rings. The second-order valence-corrected chi connectivity index (χ2v) is 7.22. The molecule has 26 heavy (non-hydrogen) atoms. The van der Waals surface area contributed by atoms with Crippen molar-refractivity contribution >= 4 is 34.1 Å². The molecule has 0 spiro atoms. The van der Waals surface area contributed by atoms with Crippen LogP contribution in [0, 0.1) is 0 Å². The third-order valence-corrected chi connectivity index (χ3v) is 5.37. The molecule has 0 saturated heterocycles. The number of thiazole rings is 1. The van der Waals surface area contributed by atoms with E-state index in [1.54, 1.807) is 18.4 Å². The molecule has 1 saturated carbocycles. The number of hydrogen-bond acceptors (Lipinski definition) is 7. The zero-order valence-corrected chi connectivity index (χ0v) is 15.9. The summed E-state index contributed by atoms with van der Waals surface area (Å²) in [5, 5.41) is 12.6. The van der Waals surface area contributed by atoms with Crippen molar-refractivity contribution in [3.63, 3.8) is 0 Å². The van der Waals surface area contributed by atoms with Crippen LogP contribution in [0.3, 0.4) is 0 Å². The van der Waals surface area contributed by atoms with Crippen molar-refractivity contribution in [2.45, 2.75) is 38.5 Å². The van der Waals surface area contributed by atoms with Crippen molar-refractivity contribution in [1.82, 2.24) is 25.6 Å². The Hall–Kier alpha value is -2.42. The summed E-state index contributed by atoms with van der Waals surface area (Å²) in [6.45, 7) is 3.11. The minimum Gasteiger partial charge on any atom is -0.368 e. The molecule has 0 aliphatic heterocycles. The van der Waals surface area contributed by atoms with Gasteiger partial charge in [-0.2, -0.15) is 0 Å². The normalized spacial score (nSPS) is 13.8. The van der Waals surface area contributed by atoms with Crippen LogP contribution in [-0.4, -0.2) is 41.1 Å². The van der Waals surface area contributed by atoms with Crippen LogP contribution in [0.2, 0.25) is 0 Å². The Morgan fingerprint density at radius 1 is 1.27 bits per heavy atom. The van der Waals surface area contributed by atoms with Crippen LogP contribution in [0.25, 0.3) is 0 Å². The minimum atomic E-state index is -0.197. The molecule has 2 aromatic heterocycles. The number of nitrogens with one attached hydrogen (secondary N) is 4. The Morgan fingerprint density at radius 2 is 2.08 bits per heavy atom. The van der Waals surface area contributed by atoms with E-state index in [-0.39, 0.29) is 6.03 Å². The number of aromatic nitrogens is 3. The zero-order valence-electron chi connectivity index (χ0n) is 15.1. The fourth-order valence-corrected chi connectivity index (χ4v) is 3.59. The molecule has 9 heteroatoms. The predicted molar refractivity (Wildman–Crippen MR) is 104 cm³/mol. The number of aryl methyl sites for hydroxylation is 1. The maximum atomic E-state index is 11.2. The van der Waals surface area contributed by atoms with Crippen LogP contribution < -0.4 is 21.3 Å². The number of urea groups is 1. The number of carbonyl (C=O) groups excluding carboxylic acids is 1. The first kappa shape index (κ1) is 18.4. The number of anilines is 3. The molecule has 2 heterocycles. The van der Waals surface area contributed by atoms with Gasteiger partial charge in [-0.1, -0.05) is 13.3 Å². The van der Waals surface area contributed by atoms with Crippen molar-refractivity contribution in [3.8, 4) is 0 Å². The molecule has 0 aromatic carbocycles. The average molecular weight is 376 g/mol. The lowest BCUT2D eigenvalue weighted by atomic mass is 9.85. The number of nitrogens with zero attached hydrogens (tertiary/aromatic N) is 3. The standard InChI is InChI=1S/C17H25N7OS/c1-3-13-22-14(19-7-8-20-16(25)18-2)9-15(23-13)24-17-21-10-12(26-17)11-5-4-6-11/h9-11H,3-8H2,1-2H3,(H2,18,20,25)(H2,19,21,22,23,24). The van der Waals surface area contributed by atoms with E-state index < -0.39 is 0 Å². The van der Waals surface area contributed by atoms with Gasteiger partial charge in [0.2, 0.25) is 0 Å². The number of hydrogen-bond donors (Lipinski definition) is 4. The van der Waals surface area contributed by atoms with Gasteiger partial charge in [0, 0.05) is 43.7 Å². The summed E-state index contributed by atoms with van der Waals surface area (Å²) in [4.78, 5) is 26.0. The van der Waals surface area contributed by atoms with E-state index in [4.69, 9.17) is 0 Å². The van der Waals surface area contributed by atoms with Crippen molar-refractivity contribution in [1.29, 1.82) is 0 Å². The highest BCUT2D eigenvalue weighted by molar-refractivity contribution is 7.15. The van der Waals surface area contributed by atoms with Gasteiger partial charge in [-0.3, -0.25) is 0 Å². The molecule has 8 nitrogen and oxygen atoms in total. The molecular formula is C17H25N7OS. The monoisotopic (exact) mass is 375 g/mol. The number of amides is 2. The quantitative estimate of drug-likeness (QED) is 0.529. The number of rotatable bonds is 8. The molecule has 1 fully saturated rings. The van der Waals surface area contributed by atoms with E-state index in [9.17, 15) is 4.79 Å². The van der Waals surface area contributed by atoms with Crippen molar-refractivity contribution in [2.75, 3.05) is 30.8 Å². The Morgan fingerprint density at radius 3 is 2.77 bits per heavy atom. The third kappa shape index (κ3) is 4.81. The van der Waals surface area contributed by atoms with Gasteiger partial charge < -0.3 is 21.3 Å². The van der Waals surface area contributed by atoms with Gasteiger partial charge in [-0.05, 0) is 18.8 Å². The van der Waals surface area contributed by atoms with Gasteiger partial charge >= 0.3 is 6.03 Å². The molecule has 0 radical (unpaired) electrons. The van der Waals surface area contributed by atoms with Crippen molar-refractivity contribution in [2.24, 2.45) is 0 Å². The molecule has 2 amide bonds. The van der Waals surface area contributed by atoms with Crippen LogP contribution >= 0.6 is 11.3 Å². The van der Waals surface area contributed by atoms with E-state index >= 15 is 0 Å². The Bertz CT molecular complexity index is 744. The van der Waals surface area contributed by atoms with Crippen molar-refractivity contribution < 1.29 is 4.79 Å². The second-order valence-electron chi connectivity index (χ2n) is 6.16. The summed E-state index contributed by atoms with van der Waals surface area (Å²) in [5.74, 6) is 2.90. The Kier molecular flexibility index (Phi) is 6.21. The molecular weight excluding hydrogens is 350 g/mol. The summed E-state index contributed by atoms with van der Waals surface area (Å²) in [6.07, 6.45) is 6.58. The average Bonchev–Trinajstić information content (AvgIpc) is 3.04. The van der Waals surface area contributed by atoms with E-state index in [1.807, 2.05) is 19.2 Å². The molecule has 1 aliphatic rings. The molecule has 0 atom stereocenters. The van der Waals surface area contributed by atoms with Gasteiger partial charge in [0.25, 0.3) is 0 Å². The van der Waals surface area contributed by atoms with Gasteiger partial charge in [0.1, 0.15) is 17.5 Å². The van der Waals surface area contributed by atoms with Crippen LogP contribution in [0.5, 0.6) is 0 Å². The fraction of sp³-hybridized carbons (Fsp3) is 0.529. The molecule has 140 valence electrons. The van der Waals surface area contributed by atoms with Gasteiger partial charge in [-0.15, -0.1) is 11.3 Å². The summed E-state index contributed by atoms with van der Waals surface area (Å²) in [5.41, 5.74) is 0. The van der Waals surface area contributed by atoms with E-state index in [0.717, 1.165) is 29.0 Å². The van der Waals surface area contributed by atoms with Gasteiger partial charge in [-0.25, -0.2) is 19.7 Å². The summed E-state index contributed by atoms with van der Waals surface area (Å²) in [7, 11) is 1.59. The topological polar surface area (TPSA) is 104 Å². The first-order chi connectivity index (χ1) is 12.7. The summed E-state index contributed by atoms with van der Waals surface area (Å²) < 4.78 is 0. The highest BCUT2D eigenvalue weighted by atomic mass is 32.1. The highest BCUT2D eigenvalue weighted by Crippen LogP contribution is 2.40. The van der Waals surface area contributed by atoms with E-state index in [2.05, 4.69) is 36.2 Å². The summed E-state index contributed by atoms with van der Waals surface area (Å²) >= 11 is 1.70. The highest BCUT2D eigenvalue weighted by Gasteiger charge is 2.21. The largest absolute Gasteiger partial charge is 0.368 e. The zero-order chi connectivity index (χ0) is 18.4. The molecule has 0 bridgehead atoms. The van der Waals surface area contributed by atoms with E-state index in [1.165, 1.54) is 24.1 Å². The number of carbonyl (C=O) groups is 1. The molecule has 1 aliphatic carbocycles. The minimum absolute atomic E-state index is 0.197. The third-order valence-electron chi connectivity index (χ3n) is 4.30. The molecule has 0 unspecified atom stereocenters. The van der Waals surface area contributed by atoms with Crippen molar-refractivity contribution in [3.05, 3.63) is 23.0 Å². The summed E-state index contributed by atoms with van der Waals surface area (Å²) in [6, 6.07) is 1.67. The van der Waals surface area contributed by atoms with Crippen LogP contribution in [-0.2, 0) is 6.42 Å². The first-order valence-corrected chi connectivity index (χ1v) is 9.79. The second kappa shape index (κ2) is 8.79. The maximum Gasteiger partial charge on any atom is 0.314 e. The SMILES string of the molecule is CCc1nc(NCCNC(=O)NC)cc(Nc2ncc(C3CCC3)s2)n1. The van der Waals surface area contributed by atoms with Gasteiger partial charge in [0.05, 0.1) is 0 Å². The Labute approximate surface area is 157 Å². The predicted octanol–water partition coefficient (Wildman–Crippen LogP) is 2.85.